The van der Waals surface area contributed by atoms with Crippen LogP contribution in [0.25, 0.3) is 0 Å². The van der Waals surface area contributed by atoms with E-state index in [-0.39, 0.29) is 6.42 Å². The van der Waals surface area contributed by atoms with E-state index in [1.807, 2.05) is 0 Å². The number of nitrogens with one attached hydrogen (secondary N) is 1. The van der Waals surface area contributed by atoms with Gasteiger partial charge in [-0.1, -0.05) is 0 Å². The van der Waals surface area contributed by atoms with Gasteiger partial charge in [-0.05, 0) is 6.92 Å². The molecule has 0 spiro atoms. The molecule has 0 aliphatic heterocycles. The van der Waals surface area contributed by atoms with Crippen molar-refractivity contribution < 1.29 is 22.6 Å². The number of primary amides is 1. The molecule has 3 unspecified atom stereocenters. The standard InChI is InChI=1S/C6H11ClN2O5S/c1-3(7)4(2-5(8)10)6(11)9-14-15(12)13/h3-4H,2H2,1H3,(H2,8,10)(H,9,11)(H,12,13). The molecule has 0 aliphatic carbocycles. The lowest BCUT2D eigenvalue weighted by atomic mass is 10.0. The van der Waals surface area contributed by atoms with Gasteiger partial charge in [0.25, 0.3) is 0 Å². The molecule has 0 saturated heterocycles. The summed E-state index contributed by atoms with van der Waals surface area (Å²) in [5.74, 6) is -2.39. The van der Waals surface area contributed by atoms with Crippen LogP contribution in [0, 0.1) is 5.92 Å². The van der Waals surface area contributed by atoms with Gasteiger partial charge in [-0.15, -0.1) is 15.9 Å². The predicted octanol–water partition coefficient (Wildman–Crippen LogP) is -0.710. The Morgan fingerprint density at radius 2 is 2.20 bits per heavy atom. The summed E-state index contributed by atoms with van der Waals surface area (Å²) in [6.07, 6.45) is -0.266. The van der Waals surface area contributed by atoms with Crippen LogP contribution in [-0.2, 0) is 25.2 Å². The minimum absolute atomic E-state index is 0.266. The largest absolute Gasteiger partial charge is 0.370 e. The number of halogens is 1. The average Bonchev–Trinajstić information content (AvgIpc) is 2.09. The van der Waals surface area contributed by atoms with Gasteiger partial charge in [0.2, 0.25) is 11.8 Å². The lowest BCUT2D eigenvalue weighted by molar-refractivity contribution is -0.134. The van der Waals surface area contributed by atoms with Crippen LogP contribution in [0.5, 0.6) is 0 Å². The maximum atomic E-state index is 11.3. The third kappa shape index (κ3) is 6.39. The van der Waals surface area contributed by atoms with Crippen LogP contribution in [0.2, 0.25) is 0 Å². The second-order valence-electron chi connectivity index (χ2n) is 2.72. The molecule has 88 valence electrons. The Bertz CT molecular complexity index is 272. The Hall–Kier alpha value is -0.700. The molecule has 9 heteroatoms. The van der Waals surface area contributed by atoms with E-state index in [1.54, 1.807) is 5.48 Å². The quantitative estimate of drug-likeness (QED) is 0.330. The summed E-state index contributed by atoms with van der Waals surface area (Å²) in [6, 6.07) is 0. The number of amides is 2. The maximum Gasteiger partial charge on any atom is 0.324 e. The fourth-order valence-corrected chi connectivity index (χ4v) is 1.19. The highest BCUT2D eigenvalue weighted by molar-refractivity contribution is 7.74. The maximum absolute atomic E-state index is 11.3. The number of nitrogens with two attached hydrogens (primary N) is 1. The van der Waals surface area contributed by atoms with Gasteiger partial charge >= 0.3 is 11.4 Å². The van der Waals surface area contributed by atoms with Crippen LogP contribution in [0.1, 0.15) is 13.3 Å². The molecule has 4 N–H and O–H groups in total. The van der Waals surface area contributed by atoms with Gasteiger partial charge in [0.05, 0.1) is 5.92 Å². The van der Waals surface area contributed by atoms with E-state index in [9.17, 15) is 13.8 Å². The molecule has 2 amide bonds. The lowest BCUT2D eigenvalue weighted by Crippen LogP contribution is -2.37. The fraction of sp³-hybridized carbons (Fsp3) is 0.667. The first-order valence-corrected chi connectivity index (χ1v) is 5.31. The van der Waals surface area contributed by atoms with Gasteiger partial charge in [0.1, 0.15) is 0 Å². The number of hydroxylamine groups is 1. The minimum Gasteiger partial charge on any atom is -0.370 e. The van der Waals surface area contributed by atoms with Gasteiger partial charge in [-0.3, -0.25) is 14.1 Å². The predicted molar refractivity (Wildman–Crippen MR) is 52.6 cm³/mol. The summed E-state index contributed by atoms with van der Waals surface area (Å²) in [5.41, 5.74) is 6.58. The Balaban J connectivity index is 4.29. The zero-order chi connectivity index (χ0) is 12.0. The molecule has 0 rings (SSSR count). The van der Waals surface area contributed by atoms with Gasteiger partial charge in [0.15, 0.2) is 0 Å². The van der Waals surface area contributed by atoms with Crippen molar-refractivity contribution in [1.82, 2.24) is 5.48 Å². The van der Waals surface area contributed by atoms with E-state index in [0.717, 1.165) is 0 Å². The molecule has 0 saturated carbocycles. The molecule has 0 aromatic carbocycles. The Labute approximate surface area is 93.7 Å². The smallest absolute Gasteiger partial charge is 0.324 e. The summed E-state index contributed by atoms with van der Waals surface area (Å²) in [5, 5.41) is -0.659. The molecule has 0 radical (unpaired) electrons. The number of carbonyl (C=O) groups is 2. The molecule has 15 heavy (non-hydrogen) atoms. The second kappa shape index (κ2) is 6.72. The Morgan fingerprint density at radius 3 is 2.53 bits per heavy atom. The molecular weight excluding hydrogens is 248 g/mol. The van der Waals surface area contributed by atoms with E-state index >= 15 is 0 Å². The van der Waals surface area contributed by atoms with Crippen LogP contribution in [0.4, 0.5) is 0 Å². The molecule has 0 aliphatic rings. The van der Waals surface area contributed by atoms with Gasteiger partial charge < -0.3 is 5.73 Å². The molecular formula is C6H11ClN2O5S. The SMILES string of the molecule is CC(Cl)C(CC(N)=O)C(=O)NOS(=O)O. The van der Waals surface area contributed by atoms with Crippen LogP contribution in [-0.4, -0.2) is 26.0 Å². The molecule has 0 aromatic rings. The molecule has 0 bridgehead atoms. The summed E-state index contributed by atoms with van der Waals surface area (Å²) in [4.78, 5) is 21.8. The molecule has 3 atom stereocenters. The van der Waals surface area contributed by atoms with Crippen molar-refractivity contribution in [3.8, 4) is 0 Å². The number of carbonyl (C=O) groups excluding carboxylic acids is 2. The summed E-state index contributed by atoms with van der Waals surface area (Å²) in [7, 11) is 0. The summed E-state index contributed by atoms with van der Waals surface area (Å²) in [6.45, 7) is 1.49. The van der Waals surface area contributed by atoms with Crippen LogP contribution >= 0.6 is 11.6 Å². The molecule has 0 heterocycles. The summed E-state index contributed by atoms with van der Waals surface area (Å²) < 4.78 is 22.2. The fourth-order valence-electron chi connectivity index (χ4n) is 0.833. The van der Waals surface area contributed by atoms with Gasteiger partial charge in [-0.2, -0.15) is 4.21 Å². The first kappa shape index (κ1) is 14.3. The first-order valence-electron chi connectivity index (χ1n) is 3.85. The van der Waals surface area contributed by atoms with E-state index in [0.29, 0.717) is 0 Å². The number of alkyl halides is 1. The third-order valence-corrected chi connectivity index (χ3v) is 2.06. The van der Waals surface area contributed by atoms with Gasteiger partial charge in [-0.25, -0.2) is 5.48 Å². The number of hydrogen-bond acceptors (Lipinski definition) is 4. The van der Waals surface area contributed by atoms with Crippen molar-refractivity contribution in [2.75, 3.05) is 0 Å². The van der Waals surface area contributed by atoms with E-state index in [1.165, 1.54) is 6.92 Å². The normalized spacial score (nSPS) is 16.5. The third-order valence-electron chi connectivity index (χ3n) is 1.53. The number of hydrogen-bond donors (Lipinski definition) is 3. The van der Waals surface area contributed by atoms with Crippen molar-refractivity contribution in [1.29, 1.82) is 0 Å². The molecule has 0 fully saturated rings. The second-order valence-corrected chi connectivity index (χ2v) is 4.01. The molecule has 0 aromatic heterocycles. The van der Waals surface area contributed by atoms with Crippen LogP contribution in [0.15, 0.2) is 0 Å². The lowest BCUT2D eigenvalue weighted by Gasteiger charge is -2.15. The number of rotatable bonds is 6. The first-order chi connectivity index (χ1) is 6.84. The van der Waals surface area contributed by atoms with Crippen LogP contribution in [0.3, 0.4) is 0 Å². The highest BCUT2D eigenvalue weighted by atomic mass is 35.5. The highest BCUT2D eigenvalue weighted by Crippen LogP contribution is 2.14. The highest BCUT2D eigenvalue weighted by Gasteiger charge is 2.26. The average molecular weight is 259 g/mol. The van der Waals surface area contributed by atoms with Crippen LogP contribution < -0.4 is 11.2 Å². The zero-order valence-corrected chi connectivity index (χ0v) is 9.38. The molecule has 7 nitrogen and oxygen atoms in total. The Kier molecular flexibility index (Phi) is 6.41. The van der Waals surface area contributed by atoms with Crippen molar-refractivity contribution in [3.05, 3.63) is 0 Å². The zero-order valence-electron chi connectivity index (χ0n) is 7.81. The van der Waals surface area contributed by atoms with E-state index < -0.39 is 34.5 Å². The monoisotopic (exact) mass is 258 g/mol. The van der Waals surface area contributed by atoms with E-state index in [2.05, 4.69) is 4.28 Å². The van der Waals surface area contributed by atoms with Crippen molar-refractivity contribution in [3.63, 3.8) is 0 Å². The minimum atomic E-state index is -2.62. The topological polar surface area (TPSA) is 119 Å². The van der Waals surface area contributed by atoms with Crippen molar-refractivity contribution in [2.45, 2.75) is 18.7 Å². The van der Waals surface area contributed by atoms with Crippen molar-refractivity contribution in [2.24, 2.45) is 11.7 Å². The summed E-state index contributed by atoms with van der Waals surface area (Å²) >= 11 is 3.02. The Morgan fingerprint density at radius 1 is 1.67 bits per heavy atom. The van der Waals surface area contributed by atoms with Gasteiger partial charge in [0, 0.05) is 11.8 Å². The van der Waals surface area contributed by atoms with E-state index in [4.69, 9.17) is 21.9 Å². The van der Waals surface area contributed by atoms with Crippen molar-refractivity contribution >= 4 is 34.8 Å².